The lowest BCUT2D eigenvalue weighted by atomic mass is 10.4. The fraction of sp³-hybridized carbons (Fsp3) is 0.667. The molecule has 0 radical (unpaired) electrons. The molecule has 1 amide bonds. The van der Waals surface area contributed by atoms with Crippen molar-refractivity contribution in [1.29, 1.82) is 0 Å². The Morgan fingerprint density at radius 2 is 2.40 bits per heavy atom. The minimum absolute atomic E-state index is 0.243. The highest BCUT2D eigenvalue weighted by Crippen LogP contribution is 1.82. The molecule has 0 aromatic heterocycles. The van der Waals surface area contributed by atoms with Gasteiger partial charge in [-0.25, -0.2) is 0 Å². The lowest BCUT2D eigenvalue weighted by molar-refractivity contribution is -0.142. The zero-order chi connectivity index (χ0) is 7.82. The van der Waals surface area contributed by atoms with Gasteiger partial charge in [-0.15, -0.1) is 0 Å². The van der Waals surface area contributed by atoms with Crippen molar-refractivity contribution >= 4 is 12.4 Å². The van der Waals surface area contributed by atoms with Crippen molar-refractivity contribution < 1.29 is 14.3 Å². The largest absolute Gasteiger partial charge is 0.466 e. The summed E-state index contributed by atoms with van der Waals surface area (Å²) in [6, 6.07) is 0. The number of hydrogen-bond donors (Lipinski definition) is 1. The molecule has 1 N–H and O–H groups in total. The Hall–Kier alpha value is -1.06. The van der Waals surface area contributed by atoms with Crippen molar-refractivity contribution in [2.75, 3.05) is 13.2 Å². The molecule has 4 heteroatoms. The summed E-state index contributed by atoms with van der Waals surface area (Å²) in [6.45, 7) is 2.48. The van der Waals surface area contributed by atoms with Crippen LogP contribution >= 0.6 is 0 Å². The van der Waals surface area contributed by atoms with E-state index >= 15 is 0 Å². The van der Waals surface area contributed by atoms with Crippen LogP contribution in [0.1, 0.15) is 13.3 Å². The topological polar surface area (TPSA) is 55.4 Å². The Morgan fingerprint density at radius 3 is 2.90 bits per heavy atom. The van der Waals surface area contributed by atoms with Crippen LogP contribution in [0.4, 0.5) is 0 Å². The monoisotopic (exact) mass is 145 g/mol. The van der Waals surface area contributed by atoms with Crippen LogP contribution in [-0.4, -0.2) is 25.5 Å². The highest BCUT2D eigenvalue weighted by Gasteiger charge is 1.98. The quantitative estimate of drug-likeness (QED) is 0.328. The van der Waals surface area contributed by atoms with Crippen LogP contribution in [0.5, 0.6) is 0 Å². The van der Waals surface area contributed by atoms with E-state index in [1.54, 1.807) is 6.92 Å². The third-order valence-corrected chi connectivity index (χ3v) is 0.862. The third kappa shape index (κ3) is 5.08. The highest BCUT2D eigenvalue weighted by molar-refractivity contribution is 5.69. The Balaban J connectivity index is 3.13. The second kappa shape index (κ2) is 6.07. The highest BCUT2D eigenvalue weighted by atomic mass is 16.5. The first-order valence-electron chi connectivity index (χ1n) is 3.14. The number of rotatable bonds is 5. The van der Waals surface area contributed by atoms with Crippen LogP contribution in [0.3, 0.4) is 0 Å². The molecule has 0 spiro atoms. The van der Waals surface area contributed by atoms with Gasteiger partial charge < -0.3 is 10.1 Å². The van der Waals surface area contributed by atoms with Gasteiger partial charge in [0.2, 0.25) is 6.41 Å². The maximum Gasteiger partial charge on any atom is 0.307 e. The Kier molecular flexibility index (Phi) is 5.42. The van der Waals surface area contributed by atoms with Gasteiger partial charge in [-0.1, -0.05) is 0 Å². The second-order valence-electron chi connectivity index (χ2n) is 1.63. The summed E-state index contributed by atoms with van der Waals surface area (Å²) in [6.07, 6.45) is 0.797. The molecule has 0 unspecified atom stereocenters. The molecule has 0 atom stereocenters. The van der Waals surface area contributed by atoms with E-state index in [0.29, 0.717) is 19.6 Å². The van der Waals surface area contributed by atoms with Gasteiger partial charge >= 0.3 is 5.97 Å². The van der Waals surface area contributed by atoms with Crippen LogP contribution in [0, 0.1) is 0 Å². The smallest absolute Gasteiger partial charge is 0.307 e. The molecule has 58 valence electrons. The zero-order valence-electron chi connectivity index (χ0n) is 5.92. The van der Waals surface area contributed by atoms with E-state index in [9.17, 15) is 9.59 Å². The molecule has 0 aliphatic carbocycles. The van der Waals surface area contributed by atoms with Crippen molar-refractivity contribution in [2.24, 2.45) is 0 Å². The Morgan fingerprint density at radius 1 is 1.70 bits per heavy atom. The fourth-order valence-corrected chi connectivity index (χ4v) is 0.466. The molecule has 4 nitrogen and oxygen atoms in total. The number of nitrogens with one attached hydrogen (secondary N) is 1. The summed E-state index contributed by atoms with van der Waals surface area (Å²) in [5.41, 5.74) is 0. The molecule has 0 aromatic carbocycles. The fourth-order valence-electron chi connectivity index (χ4n) is 0.466. The van der Waals surface area contributed by atoms with E-state index in [4.69, 9.17) is 0 Å². The predicted octanol–water partition coefficient (Wildman–Crippen LogP) is -0.314. The lowest BCUT2D eigenvalue weighted by Gasteiger charge is -1.99. The van der Waals surface area contributed by atoms with E-state index in [-0.39, 0.29) is 12.4 Å². The third-order valence-electron chi connectivity index (χ3n) is 0.862. The molecule has 0 aliphatic rings. The molecule has 0 rings (SSSR count). The van der Waals surface area contributed by atoms with Gasteiger partial charge in [-0.2, -0.15) is 0 Å². The average molecular weight is 145 g/mol. The summed E-state index contributed by atoms with van der Waals surface area (Å²) >= 11 is 0. The number of amides is 1. The van der Waals surface area contributed by atoms with Crippen LogP contribution in [-0.2, 0) is 14.3 Å². The van der Waals surface area contributed by atoms with Gasteiger partial charge in [0.1, 0.15) is 0 Å². The second-order valence-corrected chi connectivity index (χ2v) is 1.63. The maximum atomic E-state index is 10.5. The van der Waals surface area contributed by atoms with Crippen molar-refractivity contribution in [3.8, 4) is 0 Å². The molecule has 10 heavy (non-hydrogen) atoms. The maximum absolute atomic E-state index is 10.5. The Labute approximate surface area is 59.6 Å². The number of carbonyl (C=O) groups excluding carboxylic acids is 2. The number of ether oxygens (including phenoxy) is 1. The van der Waals surface area contributed by atoms with Crippen molar-refractivity contribution in [3.05, 3.63) is 0 Å². The summed E-state index contributed by atoms with van der Waals surface area (Å²) in [5, 5.41) is 2.36. The van der Waals surface area contributed by atoms with E-state index in [2.05, 4.69) is 10.1 Å². The Bertz CT molecular complexity index is 114. The van der Waals surface area contributed by atoms with Gasteiger partial charge in [-0.3, -0.25) is 9.59 Å². The summed E-state index contributed by atoms with van der Waals surface area (Å²) in [7, 11) is 0. The van der Waals surface area contributed by atoms with Gasteiger partial charge in [0, 0.05) is 6.54 Å². The van der Waals surface area contributed by atoms with E-state index < -0.39 is 0 Å². The summed E-state index contributed by atoms with van der Waals surface area (Å²) < 4.78 is 4.59. The standard InChI is InChI=1S/C6H11NO3/c1-2-10-6(9)3-4-7-5-8/h5H,2-4H2,1H3,(H,7,8). The summed E-state index contributed by atoms with van der Waals surface area (Å²) in [5.74, 6) is -0.281. The van der Waals surface area contributed by atoms with Crippen LogP contribution in [0.25, 0.3) is 0 Å². The number of esters is 1. The normalized spacial score (nSPS) is 8.50. The van der Waals surface area contributed by atoms with Crippen molar-refractivity contribution in [1.82, 2.24) is 5.32 Å². The number of hydrogen-bond acceptors (Lipinski definition) is 3. The molecule has 0 fully saturated rings. The molecule has 0 saturated carbocycles. The van der Waals surface area contributed by atoms with Gasteiger partial charge in [0.15, 0.2) is 0 Å². The molecule has 0 saturated heterocycles. The summed E-state index contributed by atoms with van der Waals surface area (Å²) in [4.78, 5) is 20.2. The molecule has 0 aromatic rings. The SMILES string of the molecule is CCOC(=O)CCNC=O. The molecular formula is C6H11NO3. The van der Waals surface area contributed by atoms with Gasteiger partial charge in [0.25, 0.3) is 0 Å². The van der Waals surface area contributed by atoms with E-state index in [1.165, 1.54) is 0 Å². The minimum Gasteiger partial charge on any atom is -0.466 e. The van der Waals surface area contributed by atoms with Gasteiger partial charge in [-0.05, 0) is 6.92 Å². The van der Waals surface area contributed by atoms with Crippen molar-refractivity contribution in [2.45, 2.75) is 13.3 Å². The first-order chi connectivity index (χ1) is 4.81. The van der Waals surface area contributed by atoms with Gasteiger partial charge in [0.05, 0.1) is 13.0 Å². The number of carbonyl (C=O) groups is 2. The molecule has 0 bridgehead atoms. The molecule has 0 aliphatic heterocycles. The minimum atomic E-state index is -0.281. The van der Waals surface area contributed by atoms with E-state index in [0.717, 1.165) is 0 Å². The average Bonchev–Trinajstić information content (AvgIpc) is 1.89. The first kappa shape index (κ1) is 8.94. The first-order valence-corrected chi connectivity index (χ1v) is 3.14. The lowest BCUT2D eigenvalue weighted by Crippen LogP contribution is -2.17. The predicted molar refractivity (Wildman–Crippen MR) is 35.3 cm³/mol. The van der Waals surface area contributed by atoms with Crippen LogP contribution < -0.4 is 5.32 Å². The van der Waals surface area contributed by atoms with E-state index in [1.807, 2.05) is 0 Å². The van der Waals surface area contributed by atoms with Crippen molar-refractivity contribution in [3.63, 3.8) is 0 Å². The molecule has 0 heterocycles. The zero-order valence-corrected chi connectivity index (χ0v) is 5.92. The molecular weight excluding hydrogens is 134 g/mol. The van der Waals surface area contributed by atoms with Crippen LogP contribution in [0.2, 0.25) is 0 Å². The van der Waals surface area contributed by atoms with Crippen LogP contribution in [0.15, 0.2) is 0 Å².